The zero-order chi connectivity index (χ0) is 23.0. The first-order valence-electron chi connectivity index (χ1n) is 10.1. The topological polar surface area (TPSA) is 49.4 Å². The lowest BCUT2D eigenvalue weighted by atomic mass is 10.1. The van der Waals surface area contributed by atoms with Gasteiger partial charge in [0.05, 0.1) is 15.8 Å². The number of hydrogen-bond acceptors (Lipinski definition) is 3. The van der Waals surface area contributed by atoms with Crippen LogP contribution in [-0.4, -0.2) is 34.6 Å². The van der Waals surface area contributed by atoms with Crippen LogP contribution >= 0.6 is 46.6 Å². The predicted molar refractivity (Wildman–Crippen MR) is 132 cm³/mol. The Kier molecular flexibility index (Phi) is 10.5. The number of carbonyl (C=O) groups is 2. The van der Waals surface area contributed by atoms with E-state index in [1.54, 1.807) is 24.0 Å². The highest BCUT2D eigenvalue weighted by molar-refractivity contribution is 7.99. The van der Waals surface area contributed by atoms with Gasteiger partial charge in [0.15, 0.2) is 0 Å². The Balaban J connectivity index is 2.11. The molecule has 0 unspecified atom stereocenters. The monoisotopic (exact) mass is 500 g/mol. The first-order chi connectivity index (χ1) is 14.7. The lowest BCUT2D eigenvalue weighted by Gasteiger charge is -2.29. The number of benzene rings is 2. The first kappa shape index (κ1) is 25.9. The first-order valence-corrected chi connectivity index (χ1v) is 12.4. The van der Waals surface area contributed by atoms with E-state index in [0.717, 1.165) is 17.5 Å². The summed E-state index contributed by atoms with van der Waals surface area (Å²) in [5.41, 5.74) is 1.86. The molecule has 0 aliphatic heterocycles. The molecule has 8 heteroatoms. The van der Waals surface area contributed by atoms with E-state index in [-0.39, 0.29) is 30.2 Å². The second kappa shape index (κ2) is 12.6. The highest BCUT2D eigenvalue weighted by Crippen LogP contribution is 2.24. The molecule has 2 rings (SSSR count). The number of rotatable bonds is 10. The van der Waals surface area contributed by atoms with Gasteiger partial charge >= 0.3 is 0 Å². The van der Waals surface area contributed by atoms with Gasteiger partial charge in [0, 0.05) is 23.4 Å². The lowest BCUT2D eigenvalue weighted by Crippen LogP contribution is -2.50. The molecule has 168 valence electrons. The molecule has 31 heavy (non-hydrogen) atoms. The summed E-state index contributed by atoms with van der Waals surface area (Å²) in [4.78, 5) is 27.4. The molecule has 0 heterocycles. The van der Waals surface area contributed by atoms with Gasteiger partial charge < -0.3 is 10.2 Å². The molecule has 0 bridgehead atoms. The molecule has 0 aromatic heterocycles. The van der Waals surface area contributed by atoms with Crippen LogP contribution in [0.1, 0.15) is 38.3 Å². The molecule has 0 fully saturated rings. The fourth-order valence-electron chi connectivity index (χ4n) is 2.85. The second-order valence-corrected chi connectivity index (χ2v) is 9.62. The summed E-state index contributed by atoms with van der Waals surface area (Å²) in [5, 5.41) is 4.49. The summed E-state index contributed by atoms with van der Waals surface area (Å²) >= 11 is 19.7. The van der Waals surface area contributed by atoms with Crippen LogP contribution in [0, 0.1) is 0 Å². The SMILES string of the molecule is CC[C@H](C)NC(=O)[C@H](C)N(Cc1ccc(Cl)c(Cl)c1)C(=O)CSCc1cccc(Cl)c1. The van der Waals surface area contributed by atoms with E-state index in [1.165, 1.54) is 11.8 Å². The maximum absolute atomic E-state index is 13.1. The van der Waals surface area contributed by atoms with Crippen molar-refractivity contribution < 1.29 is 9.59 Å². The summed E-state index contributed by atoms with van der Waals surface area (Å²) in [5.74, 6) is 0.599. The predicted octanol–water partition coefficient (Wildman–Crippen LogP) is 6.21. The van der Waals surface area contributed by atoms with Gasteiger partial charge in [0.2, 0.25) is 11.8 Å². The lowest BCUT2D eigenvalue weighted by molar-refractivity contribution is -0.138. The van der Waals surface area contributed by atoms with Crippen LogP contribution in [0.25, 0.3) is 0 Å². The van der Waals surface area contributed by atoms with Crippen LogP contribution in [0.2, 0.25) is 15.1 Å². The number of nitrogens with one attached hydrogen (secondary N) is 1. The van der Waals surface area contributed by atoms with Crippen molar-refractivity contribution >= 4 is 58.4 Å². The van der Waals surface area contributed by atoms with Gasteiger partial charge in [0.25, 0.3) is 0 Å². The van der Waals surface area contributed by atoms with Crippen molar-refractivity contribution in [3.05, 3.63) is 68.7 Å². The van der Waals surface area contributed by atoms with Crippen molar-refractivity contribution in [1.29, 1.82) is 0 Å². The molecule has 2 aromatic carbocycles. The van der Waals surface area contributed by atoms with E-state index in [1.807, 2.05) is 44.2 Å². The minimum atomic E-state index is -0.622. The number of hydrogen-bond donors (Lipinski definition) is 1. The Morgan fingerprint density at radius 3 is 2.42 bits per heavy atom. The molecule has 0 saturated carbocycles. The van der Waals surface area contributed by atoms with E-state index in [9.17, 15) is 9.59 Å². The van der Waals surface area contributed by atoms with Crippen LogP contribution < -0.4 is 5.32 Å². The van der Waals surface area contributed by atoms with Crippen molar-refractivity contribution in [2.45, 2.75) is 51.6 Å². The Labute approximate surface area is 203 Å². The fraction of sp³-hybridized carbons (Fsp3) is 0.391. The summed E-state index contributed by atoms with van der Waals surface area (Å²) in [6.07, 6.45) is 0.814. The fourth-order valence-corrected chi connectivity index (χ4v) is 4.24. The summed E-state index contributed by atoms with van der Waals surface area (Å²) in [6.45, 7) is 5.95. The van der Waals surface area contributed by atoms with E-state index >= 15 is 0 Å². The molecule has 2 aromatic rings. The normalized spacial score (nSPS) is 12.8. The van der Waals surface area contributed by atoms with Gasteiger partial charge in [-0.1, -0.05) is 59.9 Å². The summed E-state index contributed by atoms with van der Waals surface area (Å²) < 4.78 is 0. The second-order valence-electron chi connectivity index (χ2n) is 7.39. The molecular formula is C23H27Cl3N2O2S. The zero-order valence-electron chi connectivity index (χ0n) is 17.8. The Morgan fingerprint density at radius 1 is 1.03 bits per heavy atom. The largest absolute Gasteiger partial charge is 0.352 e. The molecule has 0 aliphatic carbocycles. The van der Waals surface area contributed by atoms with Gasteiger partial charge in [-0.2, -0.15) is 0 Å². The van der Waals surface area contributed by atoms with Gasteiger partial charge in [-0.3, -0.25) is 9.59 Å². The number of amides is 2. The van der Waals surface area contributed by atoms with Crippen LogP contribution in [-0.2, 0) is 21.9 Å². The number of thioether (sulfide) groups is 1. The maximum Gasteiger partial charge on any atom is 0.242 e. The molecule has 0 saturated heterocycles. The van der Waals surface area contributed by atoms with E-state index in [0.29, 0.717) is 20.8 Å². The molecule has 0 radical (unpaired) electrons. The summed E-state index contributed by atoms with van der Waals surface area (Å²) in [7, 11) is 0. The van der Waals surface area contributed by atoms with Gasteiger partial charge in [-0.05, 0) is 55.7 Å². The minimum Gasteiger partial charge on any atom is -0.352 e. The molecule has 2 atom stereocenters. The van der Waals surface area contributed by atoms with Gasteiger partial charge in [-0.25, -0.2) is 0 Å². The highest BCUT2D eigenvalue weighted by atomic mass is 35.5. The molecule has 0 aliphatic rings. The number of carbonyl (C=O) groups excluding carboxylic acids is 2. The molecular weight excluding hydrogens is 475 g/mol. The van der Waals surface area contributed by atoms with Crippen LogP contribution in [0.5, 0.6) is 0 Å². The minimum absolute atomic E-state index is 0.0362. The van der Waals surface area contributed by atoms with E-state index in [4.69, 9.17) is 34.8 Å². The van der Waals surface area contributed by atoms with Crippen molar-refractivity contribution in [2.75, 3.05) is 5.75 Å². The Bertz CT molecular complexity index is 910. The van der Waals surface area contributed by atoms with Crippen LogP contribution in [0.15, 0.2) is 42.5 Å². The Morgan fingerprint density at radius 2 is 1.77 bits per heavy atom. The van der Waals surface area contributed by atoms with E-state index < -0.39 is 6.04 Å². The number of halogens is 3. The quantitative estimate of drug-likeness (QED) is 0.421. The third kappa shape index (κ3) is 8.23. The van der Waals surface area contributed by atoms with E-state index in [2.05, 4.69) is 5.32 Å². The molecule has 0 spiro atoms. The van der Waals surface area contributed by atoms with Crippen molar-refractivity contribution in [2.24, 2.45) is 0 Å². The summed E-state index contributed by atoms with van der Waals surface area (Å²) in [6, 6.07) is 12.2. The van der Waals surface area contributed by atoms with Gasteiger partial charge in [-0.15, -0.1) is 11.8 Å². The maximum atomic E-state index is 13.1. The highest BCUT2D eigenvalue weighted by Gasteiger charge is 2.26. The van der Waals surface area contributed by atoms with Crippen molar-refractivity contribution in [3.8, 4) is 0 Å². The third-order valence-corrected chi connectivity index (χ3v) is 6.85. The smallest absolute Gasteiger partial charge is 0.242 e. The molecule has 1 N–H and O–H groups in total. The molecule has 2 amide bonds. The zero-order valence-corrected chi connectivity index (χ0v) is 20.9. The third-order valence-electron chi connectivity index (χ3n) is 4.89. The van der Waals surface area contributed by atoms with Crippen molar-refractivity contribution in [3.63, 3.8) is 0 Å². The van der Waals surface area contributed by atoms with Crippen LogP contribution in [0.3, 0.4) is 0 Å². The number of nitrogens with zero attached hydrogens (tertiary/aromatic N) is 1. The van der Waals surface area contributed by atoms with Crippen molar-refractivity contribution in [1.82, 2.24) is 10.2 Å². The van der Waals surface area contributed by atoms with Gasteiger partial charge in [0.1, 0.15) is 6.04 Å². The average molecular weight is 502 g/mol. The standard InChI is InChI=1S/C23H27Cl3N2O2S/c1-4-15(2)27-23(30)16(3)28(12-17-8-9-20(25)21(26)11-17)22(29)14-31-13-18-6-5-7-19(24)10-18/h5-11,15-16H,4,12-14H2,1-3H3,(H,27,30)/t15-,16-/m0/s1. The Hall–Kier alpha value is -1.40. The van der Waals surface area contributed by atoms with Crippen LogP contribution in [0.4, 0.5) is 0 Å². The average Bonchev–Trinajstić information content (AvgIpc) is 2.73. The molecule has 4 nitrogen and oxygen atoms in total.